The zero-order valence-electron chi connectivity index (χ0n) is 12.5. The van der Waals surface area contributed by atoms with E-state index in [0.717, 1.165) is 25.1 Å². The molecule has 2 aliphatic heterocycles. The summed E-state index contributed by atoms with van der Waals surface area (Å²) in [6.45, 7) is 1.01. The Bertz CT molecular complexity index is 705. The molecule has 3 heterocycles. The molecule has 4 heteroatoms. The fourth-order valence-electron chi connectivity index (χ4n) is 3.26. The van der Waals surface area contributed by atoms with Crippen LogP contribution >= 0.6 is 11.3 Å². The number of rotatable bonds is 5. The molecule has 0 saturated carbocycles. The Kier molecular flexibility index (Phi) is 3.85. The molecule has 0 aromatic carbocycles. The summed E-state index contributed by atoms with van der Waals surface area (Å²) in [6.07, 6.45) is 12.1. The largest absolute Gasteiger partial charge is 0.297 e. The Labute approximate surface area is 134 Å². The molecule has 1 unspecified atom stereocenters. The summed E-state index contributed by atoms with van der Waals surface area (Å²) < 4.78 is 0. The molecule has 4 rings (SSSR count). The lowest BCUT2D eigenvalue weighted by molar-refractivity contribution is 0.601. The molecule has 0 fully saturated rings. The van der Waals surface area contributed by atoms with Gasteiger partial charge in [0.15, 0.2) is 0 Å². The number of allylic oxidation sites excluding steroid dienone is 4. The summed E-state index contributed by atoms with van der Waals surface area (Å²) in [5.41, 5.74) is 6.24. The fraction of sp³-hybridized carbons (Fsp3) is 0.389. The molecule has 1 aliphatic carbocycles. The molecule has 0 bridgehead atoms. The third-order valence-corrected chi connectivity index (χ3v) is 5.23. The van der Waals surface area contributed by atoms with Gasteiger partial charge in [-0.1, -0.05) is 12.2 Å². The van der Waals surface area contributed by atoms with Gasteiger partial charge in [-0.3, -0.25) is 4.99 Å². The average molecular weight is 309 g/mol. The van der Waals surface area contributed by atoms with Crippen LogP contribution in [0.5, 0.6) is 0 Å². The number of hydrogen-bond acceptors (Lipinski definition) is 4. The zero-order chi connectivity index (χ0) is 14.8. The van der Waals surface area contributed by atoms with E-state index < -0.39 is 0 Å². The lowest BCUT2D eigenvalue weighted by Crippen LogP contribution is -2.12. The highest BCUT2D eigenvalue weighted by atomic mass is 32.1. The molecule has 0 saturated heterocycles. The molecule has 3 aliphatic rings. The highest BCUT2D eigenvalue weighted by molar-refractivity contribution is 7.08. The van der Waals surface area contributed by atoms with Gasteiger partial charge in [0, 0.05) is 24.8 Å². The summed E-state index contributed by atoms with van der Waals surface area (Å²) >= 11 is 1.74. The van der Waals surface area contributed by atoms with Crippen LogP contribution in [0.25, 0.3) is 5.57 Å². The molecule has 1 aromatic rings. The fourth-order valence-corrected chi connectivity index (χ4v) is 3.94. The van der Waals surface area contributed by atoms with E-state index in [1.165, 1.54) is 41.7 Å². The minimum atomic E-state index is 0.688. The minimum Gasteiger partial charge on any atom is -0.297 e. The van der Waals surface area contributed by atoms with Gasteiger partial charge in [0.1, 0.15) is 0 Å². The van der Waals surface area contributed by atoms with Crippen LogP contribution in [0, 0.1) is 5.92 Å². The van der Waals surface area contributed by atoms with E-state index in [9.17, 15) is 0 Å². The second kappa shape index (κ2) is 6.13. The zero-order valence-corrected chi connectivity index (χ0v) is 13.4. The van der Waals surface area contributed by atoms with Crippen molar-refractivity contribution in [2.75, 3.05) is 6.54 Å². The Morgan fingerprint density at radius 2 is 2.23 bits per heavy atom. The van der Waals surface area contributed by atoms with Crippen LogP contribution < -0.4 is 0 Å². The van der Waals surface area contributed by atoms with Crippen molar-refractivity contribution in [2.45, 2.75) is 32.1 Å². The highest BCUT2D eigenvalue weighted by Gasteiger charge is 2.23. The molecule has 0 amide bonds. The molecule has 1 aromatic heterocycles. The Hall–Kier alpha value is -1.81. The van der Waals surface area contributed by atoms with Crippen LogP contribution in [-0.4, -0.2) is 24.2 Å². The number of hydrogen-bond donors (Lipinski definition) is 0. The van der Waals surface area contributed by atoms with E-state index in [0.29, 0.717) is 5.92 Å². The lowest BCUT2D eigenvalue weighted by atomic mass is 9.89. The van der Waals surface area contributed by atoms with Crippen molar-refractivity contribution in [3.8, 4) is 0 Å². The summed E-state index contributed by atoms with van der Waals surface area (Å²) in [5.74, 6) is 0.688. The van der Waals surface area contributed by atoms with Crippen molar-refractivity contribution in [1.82, 2.24) is 0 Å². The van der Waals surface area contributed by atoms with Crippen LogP contribution in [0.4, 0.5) is 0 Å². The Morgan fingerprint density at radius 3 is 3.05 bits per heavy atom. The molecular formula is C18H19N3S. The second-order valence-electron chi connectivity index (χ2n) is 6.05. The maximum atomic E-state index is 4.43. The average Bonchev–Trinajstić information content (AvgIpc) is 3.29. The molecule has 112 valence electrons. The van der Waals surface area contributed by atoms with E-state index in [2.05, 4.69) is 50.4 Å². The predicted molar refractivity (Wildman–Crippen MR) is 95.2 cm³/mol. The number of aliphatic imine (C=N–C) groups is 1. The SMILES string of the molecule is C1=NCCC1CCCC1=NN=C2CC(c3ccsc3)=CC=C12. The molecule has 0 spiro atoms. The molecule has 0 N–H and O–H groups in total. The van der Waals surface area contributed by atoms with Crippen molar-refractivity contribution in [3.63, 3.8) is 0 Å². The molecule has 3 nitrogen and oxygen atoms in total. The molecular weight excluding hydrogens is 290 g/mol. The van der Waals surface area contributed by atoms with Gasteiger partial charge in [0.05, 0.1) is 11.4 Å². The van der Waals surface area contributed by atoms with Crippen LogP contribution in [0.15, 0.2) is 49.7 Å². The Morgan fingerprint density at radius 1 is 1.23 bits per heavy atom. The van der Waals surface area contributed by atoms with Gasteiger partial charge in [0.2, 0.25) is 0 Å². The standard InChI is InChI=1S/C18H19N3S/c1(2-13-6-8-19-11-13)3-17-16-5-4-14(10-18(16)21-20-17)15-7-9-22-12-15/h4-5,7,9,11-13H,1-3,6,8,10H2. The monoisotopic (exact) mass is 309 g/mol. The van der Waals surface area contributed by atoms with Crippen molar-refractivity contribution >= 4 is 34.5 Å². The molecule has 22 heavy (non-hydrogen) atoms. The maximum Gasteiger partial charge on any atom is 0.0765 e. The van der Waals surface area contributed by atoms with Crippen molar-refractivity contribution < 1.29 is 0 Å². The van der Waals surface area contributed by atoms with Gasteiger partial charge in [-0.25, -0.2) is 0 Å². The van der Waals surface area contributed by atoms with E-state index in [4.69, 9.17) is 0 Å². The summed E-state index contributed by atoms with van der Waals surface area (Å²) in [4.78, 5) is 4.32. The lowest BCUT2D eigenvalue weighted by Gasteiger charge is -2.13. The summed E-state index contributed by atoms with van der Waals surface area (Å²) in [6, 6.07) is 2.18. The van der Waals surface area contributed by atoms with Gasteiger partial charge in [-0.15, -0.1) is 0 Å². The Balaban J connectivity index is 1.39. The third kappa shape index (κ3) is 2.75. The van der Waals surface area contributed by atoms with Crippen molar-refractivity contribution in [1.29, 1.82) is 0 Å². The third-order valence-electron chi connectivity index (χ3n) is 4.55. The number of thiophene rings is 1. The quantitative estimate of drug-likeness (QED) is 0.766. The number of nitrogens with zero attached hydrogens (tertiary/aromatic N) is 3. The van der Waals surface area contributed by atoms with E-state index >= 15 is 0 Å². The van der Waals surface area contributed by atoms with Crippen LogP contribution in [0.3, 0.4) is 0 Å². The van der Waals surface area contributed by atoms with Crippen molar-refractivity contribution in [3.05, 3.63) is 40.1 Å². The molecule has 0 radical (unpaired) electrons. The van der Waals surface area contributed by atoms with Gasteiger partial charge < -0.3 is 0 Å². The first kappa shape index (κ1) is 13.8. The first-order valence-corrected chi connectivity index (χ1v) is 8.92. The summed E-state index contributed by atoms with van der Waals surface area (Å²) in [5, 5.41) is 13.2. The van der Waals surface area contributed by atoms with Crippen molar-refractivity contribution in [2.24, 2.45) is 21.1 Å². The van der Waals surface area contributed by atoms with Gasteiger partial charge in [0.25, 0.3) is 0 Å². The normalized spacial score (nSPS) is 23.0. The van der Waals surface area contributed by atoms with E-state index in [1.807, 2.05) is 0 Å². The first-order chi connectivity index (χ1) is 10.9. The van der Waals surface area contributed by atoms with E-state index in [-0.39, 0.29) is 0 Å². The van der Waals surface area contributed by atoms with Crippen LogP contribution in [0.1, 0.15) is 37.7 Å². The number of fused-ring (bicyclic) bond motifs is 1. The van der Waals surface area contributed by atoms with Crippen LogP contribution in [-0.2, 0) is 0 Å². The smallest absolute Gasteiger partial charge is 0.0765 e. The maximum absolute atomic E-state index is 4.43. The van der Waals surface area contributed by atoms with Crippen LogP contribution in [0.2, 0.25) is 0 Å². The highest BCUT2D eigenvalue weighted by Crippen LogP contribution is 2.30. The first-order valence-electron chi connectivity index (χ1n) is 7.97. The summed E-state index contributed by atoms with van der Waals surface area (Å²) in [7, 11) is 0. The minimum absolute atomic E-state index is 0.688. The van der Waals surface area contributed by atoms with Gasteiger partial charge in [-0.05, 0) is 59.6 Å². The second-order valence-corrected chi connectivity index (χ2v) is 6.83. The van der Waals surface area contributed by atoms with Gasteiger partial charge in [-0.2, -0.15) is 21.5 Å². The van der Waals surface area contributed by atoms with Gasteiger partial charge >= 0.3 is 0 Å². The topological polar surface area (TPSA) is 37.1 Å². The van der Waals surface area contributed by atoms with E-state index in [1.54, 1.807) is 11.3 Å². The molecule has 1 atom stereocenters. The predicted octanol–water partition coefficient (Wildman–Crippen LogP) is 4.53.